The summed E-state index contributed by atoms with van der Waals surface area (Å²) in [5.74, 6) is 0.432. The van der Waals surface area contributed by atoms with Crippen molar-refractivity contribution in [2.75, 3.05) is 32.8 Å². The topological polar surface area (TPSA) is 63.0 Å². The van der Waals surface area contributed by atoms with Crippen molar-refractivity contribution in [3.05, 3.63) is 52.4 Å². The molecule has 0 atom stereocenters. The zero-order valence-corrected chi connectivity index (χ0v) is 14.8. The van der Waals surface area contributed by atoms with Gasteiger partial charge in [-0.2, -0.15) is 0 Å². The molecule has 0 saturated carbocycles. The summed E-state index contributed by atoms with van der Waals surface area (Å²) in [7, 11) is 0. The van der Waals surface area contributed by atoms with E-state index in [0.29, 0.717) is 47.7 Å². The molecule has 0 spiro atoms. The minimum absolute atomic E-state index is 0.108. The number of hydrogen-bond donors (Lipinski definition) is 0. The van der Waals surface area contributed by atoms with Crippen LogP contribution < -0.4 is 4.74 Å². The van der Waals surface area contributed by atoms with Gasteiger partial charge in [-0.05, 0) is 30.3 Å². The first kappa shape index (κ1) is 17.6. The second kappa shape index (κ2) is 7.80. The van der Waals surface area contributed by atoms with E-state index in [0.717, 1.165) is 0 Å². The van der Waals surface area contributed by atoms with E-state index in [2.05, 4.69) is 0 Å². The van der Waals surface area contributed by atoms with Crippen LogP contribution in [0.4, 0.5) is 0 Å². The molecule has 1 aromatic heterocycles. The second-order valence-electron chi connectivity index (χ2n) is 5.54. The molecule has 1 aliphatic rings. The Bertz CT molecular complexity index is 736. The number of furan rings is 1. The maximum Gasteiger partial charge on any atom is 0.289 e. The molecule has 0 bridgehead atoms. The van der Waals surface area contributed by atoms with Crippen LogP contribution in [0.2, 0.25) is 10.0 Å². The highest BCUT2D eigenvalue weighted by Crippen LogP contribution is 2.24. The third-order valence-corrected chi connectivity index (χ3v) is 4.29. The van der Waals surface area contributed by atoms with E-state index in [1.54, 1.807) is 40.1 Å². The van der Waals surface area contributed by atoms with Crippen LogP contribution in [0.3, 0.4) is 0 Å². The van der Waals surface area contributed by atoms with E-state index in [1.807, 2.05) is 0 Å². The molecule has 25 heavy (non-hydrogen) atoms. The molecular formula is C17H16Cl2N2O4. The summed E-state index contributed by atoms with van der Waals surface area (Å²) in [5.41, 5.74) is 0. The number of nitrogens with zero attached hydrogens (tertiary/aromatic N) is 2. The van der Waals surface area contributed by atoms with Crippen molar-refractivity contribution in [2.24, 2.45) is 0 Å². The first-order chi connectivity index (χ1) is 12.0. The smallest absolute Gasteiger partial charge is 0.289 e. The number of carbonyl (C=O) groups is 2. The molecule has 1 aliphatic heterocycles. The van der Waals surface area contributed by atoms with Crippen molar-refractivity contribution >= 4 is 35.0 Å². The number of halogens is 2. The number of amides is 2. The molecule has 0 unspecified atom stereocenters. The van der Waals surface area contributed by atoms with Crippen LogP contribution in [0, 0.1) is 0 Å². The van der Waals surface area contributed by atoms with E-state index in [9.17, 15) is 9.59 Å². The van der Waals surface area contributed by atoms with Gasteiger partial charge in [-0.3, -0.25) is 9.59 Å². The number of benzene rings is 1. The van der Waals surface area contributed by atoms with Gasteiger partial charge >= 0.3 is 0 Å². The van der Waals surface area contributed by atoms with Gasteiger partial charge in [0.1, 0.15) is 5.75 Å². The van der Waals surface area contributed by atoms with Gasteiger partial charge in [0.2, 0.25) is 0 Å². The Morgan fingerprint density at radius 3 is 2.28 bits per heavy atom. The van der Waals surface area contributed by atoms with Crippen LogP contribution in [-0.4, -0.2) is 54.4 Å². The molecule has 0 N–H and O–H groups in total. The molecule has 8 heteroatoms. The predicted octanol–water partition coefficient (Wildman–Crippen LogP) is 2.95. The highest BCUT2D eigenvalue weighted by Gasteiger charge is 2.26. The third kappa shape index (κ3) is 4.46. The highest BCUT2D eigenvalue weighted by atomic mass is 35.5. The molecule has 0 aliphatic carbocycles. The Hall–Kier alpha value is -2.18. The highest BCUT2D eigenvalue weighted by molar-refractivity contribution is 6.34. The summed E-state index contributed by atoms with van der Waals surface area (Å²) < 4.78 is 10.6. The average molecular weight is 383 g/mol. The lowest BCUT2D eigenvalue weighted by molar-refractivity contribution is -0.134. The summed E-state index contributed by atoms with van der Waals surface area (Å²) in [6.45, 7) is 1.70. The molecule has 2 aromatic rings. The molecule has 1 fully saturated rings. The fraction of sp³-hybridized carbons (Fsp3) is 0.294. The van der Waals surface area contributed by atoms with Gasteiger partial charge < -0.3 is 19.0 Å². The van der Waals surface area contributed by atoms with Gasteiger partial charge in [0.25, 0.3) is 11.8 Å². The minimum Gasteiger partial charge on any atom is -0.484 e. The van der Waals surface area contributed by atoms with Gasteiger partial charge in [-0.1, -0.05) is 23.2 Å². The van der Waals surface area contributed by atoms with E-state index in [4.69, 9.17) is 32.4 Å². The SMILES string of the molecule is O=C(COc1cc(Cl)cc(Cl)c1)N1CCN(C(=O)c2ccco2)CC1. The first-order valence-corrected chi connectivity index (χ1v) is 8.48. The maximum absolute atomic E-state index is 12.3. The Labute approximate surface area is 154 Å². The summed E-state index contributed by atoms with van der Waals surface area (Å²) >= 11 is 11.8. The molecule has 0 radical (unpaired) electrons. The zero-order chi connectivity index (χ0) is 17.8. The lowest BCUT2D eigenvalue weighted by atomic mass is 10.3. The van der Waals surface area contributed by atoms with E-state index >= 15 is 0 Å². The summed E-state index contributed by atoms with van der Waals surface area (Å²) in [4.78, 5) is 27.8. The number of ether oxygens (including phenoxy) is 1. The molecule has 1 aromatic carbocycles. The van der Waals surface area contributed by atoms with E-state index in [-0.39, 0.29) is 18.4 Å². The summed E-state index contributed by atoms with van der Waals surface area (Å²) in [6.07, 6.45) is 1.46. The Balaban J connectivity index is 1.49. The fourth-order valence-electron chi connectivity index (χ4n) is 2.56. The zero-order valence-electron chi connectivity index (χ0n) is 13.3. The molecule has 1 saturated heterocycles. The van der Waals surface area contributed by atoms with Crippen molar-refractivity contribution in [1.82, 2.24) is 9.80 Å². The number of piperazine rings is 1. The molecular weight excluding hydrogens is 367 g/mol. The van der Waals surface area contributed by atoms with Gasteiger partial charge in [0.05, 0.1) is 6.26 Å². The second-order valence-corrected chi connectivity index (χ2v) is 6.42. The average Bonchev–Trinajstić information content (AvgIpc) is 3.13. The van der Waals surface area contributed by atoms with Crippen molar-refractivity contribution < 1.29 is 18.7 Å². The Morgan fingerprint density at radius 1 is 1.04 bits per heavy atom. The van der Waals surface area contributed by atoms with E-state index < -0.39 is 0 Å². The lowest BCUT2D eigenvalue weighted by Crippen LogP contribution is -2.51. The van der Waals surface area contributed by atoms with Crippen LogP contribution in [0.1, 0.15) is 10.6 Å². The number of rotatable bonds is 4. The summed E-state index contributed by atoms with van der Waals surface area (Å²) in [5, 5.41) is 0.889. The van der Waals surface area contributed by atoms with Crippen LogP contribution in [0.5, 0.6) is 5.75 Å². The first-order valence-electron chi connectivity index (χ1n) is 7.72. The van der Waals surface area contributed by atoms with Gasteiger partial charge in [0, 0.05) is 36.2 Å². The molecule has 2 heterocycles. The molecule has 132 valence electrons. The molecule has 2 amide bonds. The van der Waals surface area contributed by atoms with Crippen LogP contribution in [0.15, 0.2) is 41.0 Å². The van der Waals surface area contributed by atoms with Crippen molar-refractivity contribution in [2.45, 2.75) is 0 Å². The van der Waals surface area contributed by atoms with Crippen molar-refractivity contribution in [3.8, 4) is 5.75 Å². The van der Waals surface area contributed by atoms with Gasteiger partial charge in [-0.15, -0.1) is 0 Å². The molecule has 3 rings (SSSR count). The summed E-state index contributed by atoms with van der Waals surface area (Å²) in [6, 6.07) is 8.09. The van der Waals surface area contributed by atoms with Crippen LogP contribution >= 0.6 is 23.2 Å². The van der Waals surface area contributed by atoms with Crippen LogP contribution in [0.25, 0.3) is 0 Å². The maximum atomic E-state index is 12.3. The normalized spacial score (nSPS) is 14.5. The van der Waals surface area contributed by atoms with Crippen LogP contribution in [-0.2, 0) is 4.79 Å². The van der Waals surface area contributed by atoms with Gasteiger partial charge in [-0.25, -0.2) is 0 Å². The minimum atomic E-state index is -0.165. The standard InChI is InChI=1S/C17H16Cl2N2O4/c18-12-8-13(19)10-14(9-12)25-11-16(22)20-3-5-21(6-4-20)17(23)15-2-1-7-24-15/h1-2,7-10H,3-6,11H2. The Morgan fingerprint density at radius 2 is 1.68 bits per heavy atom. The Kier molecular flexibility index (Phi) is 5.50. The molecule has 6 nitrogen and oxygen atoms in total. The number of carbonyl (C=O) groups excluding carboxylic acids is 2. The predicted molar refractivity (Wildman–Crippen MR) is 93.1 cm³/mol. The quantitative estimate of drug-likeness (QED) is 0.815. The number of hydrogen-bond acceptors (Lipinski definition) is 4. The third-order valence-electron chi connectivity index (χ3n) is 3.85. The van der Waals surface area contributed by atoms with Crippen molar-refractivity contribution in [1.29, 1.82) is 0 Å². The monoisotopic (exact) mass is 382 g/mol. The largest absolute Gasteiger partial charge is 0.484 e. The van der Waals surface area contributed by atoms with E-state index in [1.165, 1.54) is 6.26 Å². The fourth-order valence-corrected chi connectivity index (χ4v) is 3.07. The van der Waals surface area contributed by atoms with Gasteiger partial charge in [0.15, 0.2) is 12.4 Å². The van der Waals surface area contributed by atoms with Crippen molar-refractivity contribution in [3.63, 3.8) is 0 Å². The lowest BCUT2D eigenvalue weighted by Gasteiger charge is -2.34.